The minimum Gasteiger partial charge on any atom is -0.359 e. The van der Waals surface area contributed by atoms with Crippen LogP contribution in [0.25, 0.3) is 0 Å². The number of rotatable bonds is 18. The Kier molecular flexibility index (Phi) is 17.2. The SMILES string of the molecule is CC(=O)NCCCCCC(=O)NCCCCNC(=O)CCCCCNC=O. The van der Waals surface area contributed by atoms with Crippen molar-refractivity contribution in [1.82, 2.24) is 21.3 Å². The topological polar surface area (TPSA) is 116 Å². The lowest BCUT2D eigenvalue weighted by Crippen LogP contribution is -2.27. The van der Waals surface area contributed by atoms with Crippen LogP contribution in [-0.2, 0) is 19.2 Å². The molecule has 4 amide bonds. The first kappa shape index (κ1) is 24.9. The molecule has 4 N–H and O–H groups in total. The molecule has 0 aromatic heterocycles. The molecule has 27 heavy (non-hydrogen) atoms. The maximum atomic E-state index is 11.7. The molecule has 0 fully saturated rings. The van der Waals surface area contributed by atoms with E-state index in [-0.39, 0.29) is 17.7 Å². The van der Waals surface area contributed by atoms with E-state index in [9.17, 15) is 19.2 Å². The second-order valence-corrected chi connectivity index (χ2v) is 6.58. The third kappa shape index (κ3) is 20.0. The molecule has 8 nitrogen and oxygen atoms in total. The Morgan fingerprint density at radius 1 is 0.630 bits per heavy atom. The molecule has 0 bridgehead atoms. The van der Waals surface area contributed by atoms with Gasteiger partial charge >= 0.3 is 0 Å². The largest absolute Gasteiger partial charge is 0.359 e. The third-order valence-electron chi connectivity index (χ3n) is 4.01. The molecule has 0 rings (SSSR count). The molecule has 0 aliphatic carbocycles. The molecule has 0 saturated carbocycles. The van der Waals surface area contributed by atoms with Crippen LogP contribution in [0.4, 0.5) is 0 Å². The van der Waals surface area contributed by atoms with Gasteiger partial charge in [-0.25, -0.2) is 0 Å². The first-order valence-electron chi connectivity index (χ1n) is 10.0. The van der Waals surface area contributed by atoms with Crippen LogP contribution >= 0.6 is 0 Å². The first-order valence-corrected chi connectivity index (χ1v) is 10.0. The number of carbonyl (C=O) groups is 4. The normalized spacial score (nSPS) is 10.1. The van der Waals surface area contributed by atoms with E-state index in [4.69, 9.17) is 0 Å². The van der Waals surface area contributed by atoms with Gasteiger partial charge in [-0.15, -0.1) is 0 Å². The quantitative estimate of drug-likeness (QED) is 0.208. The summed E-state index contributed by atoms with van der Waals surface area (Å²) in [6.07, 6.45) is 8.67. The highest BCUT2D eigenvalue weighted by Gasteiger charge is 2.02. The Bertz CT molecular complexity index is 430. The molecule has 0 radical (unpaired) electrons. The monoisotopic (exact) mass is 384 g/mol. The zero-order chi connectivity index (χ0) is 20.2. The van der Waals surface area contributed by atoms with E-state index in [0.29, 0.717) is 45.4 Å². The summed E-state index contributed by atoms with van der Waals surface area (Å²) >= 11 is 0. The maximum absolute atomic E-state index is 11.7. The van der Waals surface area contributed by atoms with Crippen LogP contribution < -0.4 is 21.3 Å². The van der Waals surface area contributed by atoms with E-state index in [2.05, 4.69) is 21.3 Å². The number of hydrogen-bond acceptors (Lipinski definition) is 4. The number of hydrogen-bond donors (Lipinski definition) is 4. The van der Waals surface area contributed by atoms with Crippen molar-refractivity contribution in [3.63, 3.8) is 0 Å². The molecular weight excluding hydrogens is 348 g/mol. The van der Waals surface area contributed by atoms with E-state index in [0.717, 1.165) is 51.4 Å². The fourth-order valence-corrected chi connectivity index (χ4v) is 2.48. The number of carbonyl (C=O) groups excluding carboxylic acids is 4. The summed E-state index contributed by atoms with van der Waals surface area (Å²) in [6.45, 7) is 4.08. The van der Waals surface area contributed by atoms with Crippen LogP contribution in [0.1, 0.15) is 71.1 Å². The van der Waals surface area contributed by atoms with Crippen molar-refractivity contribution in [3.8, 4) is 0 Å². The molecule has 0 aromatic rings. The Morgan fingerprint density at radius 3 is 1.56 bits per heavy atom. The van der Waals surface area contributed by atoms with Gasteiger partial charge in [0.05, 0.1) is 0 Å². The third-order valence-corrected chi connectivity index (χ3v) is 4.01. The van der Waals surface area contributed by atoms with E-state index < -0.39 is 0 Å². The lowest BCUT2D eigenvalue weighted by atomic mass is 10.2. The zero-order valence-corrected chi connectivity index (χ0v) is 16.6. The zero-order valence-electron chi connectivity index (χ0n) is 16.6. The molecular formula is C19H36N4O4. The van der Waals surface area contributed by atoms with Gasteiger partial charge in [0, 0.05) is 45.9 Å². The van der Waals surface area contributed by atoms with Crippen LogP contribution in [0, 0.1) is 0 Å². The van der Waals surface area contributed by atoms with E-state index >= 15 is 0 Å². The predicted molar refractivity (Wildman–Crippen MR) is 105 cm³/mol. The average Bonchev–Trinajstić information content (AvgIpc) is 2.63. The minimum absolute atomic E-state index is 0.0208. The highest BCUT2D eigenvalue weighted by molar-refractivity contribution is 5.76. The lowest BCUT2D eigenvalue weighted by Gasteiger charge is -2.07. The Labute approximate surface area is 162 Å². The fraction of sp³-hybridized carbons (Fsp3) is 0.789. The number of unbranched alkanes of at least 4 members (excludes halogenated alkanes) is 5. The van der Waals surface area contributed by atoms with E-state index in [1.54, 1.807) is 0 Å². The predicted octanol–water partition coefficient (Wildman–Crippen LogP) is 1.00. The standard InChI is InChI=1S/C19H36N4O4/c1-17(25)21-13-7-3-5-11-19(27)23-15-9-8-14-22-18(26)10-4-2-6-12-20-16-24/h16H,2-15H2,1H3,(H,20,24)(H,21,25)(H,22,26)(H,23,27). The van der Waals surface area contributed by atoms with Crippen molar-refractivity contribution in [2.45, 2.75) is 71.1 Å². The summed E-state index contributed by atoms with van der Waals surface area (Å²) < 4.78 is 0. The second-order valence-electron chi connectivity index (χ2n) is 6.58. The van der Waals surface area contributed by atoms with Gasteiger partial charge < -0.3 is 21.3 Å². The summed E-state index contributed by atoms with van der Waals surface area (Å²) in [4.78, 5) is 44.1. The molecule has 0 aliphatic heterocycles. The van der Waals surface area contributed by atoms with Crippen LogP contribution in [0.3, 0.4) is 0 Å². The van der Waals surface area contributed by atoms with Crippen LogP contribution in [0.2, 0.25) is 0 Å². The van der Waals surface area contributed by atoms with E-state index in [1.165, 1.54) is 6.92 Å². The Morgan fingerprint density at radius 2 is 1.07 bits per heavy atom. The summed E-state index contributed by atoms with van der Waals surface area (Å²) in [5.74, 6) is 0.0943. The molecule has 8 heteroatoms. The lowest BCUT2D eigenvalue weighted by molar-refractivity contribution is -0.122. The summed E-state index contributed by atoms with van der Waals surface area (Å²) in [5, 5.41) is 11.1. The van der Waals surface area contributed by atoms with Crippen molar-refractivity contribution in [2.24, 2.45) is 0 Å². The van der Waals surface area contributed by atoms with Gasteiger partial charge in [-0.1, -0.05) is 12.8 Å². The van der Waals surface area contributed by atoms with Crippen molar-refractivity contribution in [1.29, 1.82) is 0 Å². The molecule has 0 spiro atoms. The van der Waals surface area contributed by atoms with Crippen molar-refractivity contribution < 1.29 is 19.2 Å². The molecule has 0 saturated heterocycles. The van der Waals surface area contributed by atoms with Crippen LogP contribution in [0.15, 0.2) is 0 Å². The van der Waals surface area contributed by atoms with Crippen molar-refractivity contribution in [3.05, 3.63) is 0 Å². The summed E-state index contributed by atoms with van der Waals surface area (Å²) in [6, 6.07) is 0. The van der Waals surface area contributed by atoms with Crippen LogP contribution in [-0.4, -0.2) is 50.3 Å². The van der Waals surface area contributed by atoms with Crippen molar-refractivity contribution >= 4 is 24.1 Å². The smallest absolute Gasteiger partial charge is 0.219 e. The average molecular weight is 385 g/mol. The molecule has 0 atom stereocenters. The number of nitrogens with one attached hydrogen (secondary N) is 4. The molecule has 0 heterocycles. The fourth-order valence-electron chi connectivity index (χ4n) is 2.48. The van der Waals surface area contributed by atoms with Gasteiger partial charge in [-0.3, -0.25) is 19.2 Å². The van der Waals surface area contributed by atoms with Gasteiger partial charge in [-0.2, -0.15) is 0 Å². The van der Waals surface area contributed by atoms with Gasteiger partial charge in [0.1, 0.15) is 0 Å². The maximum Gasteiger partial charge on any atom is 0.219 e. The van der Waals surface area contributed by atoms with Gasteiger partial charge in [-0.05, 0) is 38.5 Å². The highest BCUT2D eigenvalue weighted by atomic mass is 16.2. The molecule has 156 valence electrons. The molecule has 0 aromatic carbocycles. The first-order chi connectivity index (χ1) is 13.1. The second kappa shape index (κ2) is 18.7. The minimum atomic E-state index is -0.0208. The van der Waals surface area contributed by atoms with Gasteiger partial charge in [0.2, 0.25) is 24.1 Å². The number of amides is 4. The Hall–Kier alpha value is -2.12. The van der Waals surface area contributed by atoms with Gasteiger partial charge in [0.15, 0.2) is 0 Å². The molecule has 0 aliphatic rings. The summed E-state index contributed by atoms with van der Waals surface area (Å²) in [5.41, 5.74) is 0. The van der Waals surface area contributed by atoms with Crippen LogP contribution in [0.5, 0.6) is 0 Å². The van der Waals surface area contributed by atoms with Gasteiger partial charge in [0.25, 0.3) is 0 Å². The van der Waals surface area contributed by atoms with Crippen molar-refractivity contribution in [2.75, 3.05) is 26.2 Å². The summed E-state index contributed by atoms with van der Waals surface area (Å²) in [7, 11) is 0. The molecule has 0 unspecified atom stereocenters. The van der Waals surface area contributed by atoms with E-state index in [1.807, 2.05) is 0 Å². The highest BCUT2D eigenvalue weighted by Crippen LogP contribution is 2.00. The Balaban J connectivity index is 3.32.